The highest BCUT2D eigenvalue weighted by molar-refractivity contribution is 5.81. The number of nitrogens with one attached hydrogen (secondary N) is 2. The number of imidazole rings is 1. The molecule has 0 unspecified atom stereocenters. The van der Waals surface area contributed by atoms with Crippen molar-refractivity contribution >= 4 is 28.4 Å². The van der Waals surface area contributed by atoms with Gasteiger partial charge in [-0.3, -0.25) is 5.10 Å². The minimum atomic E-state index is -0.720. The van der Waals surface area contributed by atoms with Crippen LogP contribution in [0.4, 0.5) is 20.4 Å². The van der Waals surface area contributed by atoms with Gasteiger partial charge in [-0.15, -0.1) is 0 Å². The summed E-state index contributed by atoms with van der Waals surface area (Å²) in [7, 11) is 0. The summed E-state index contributed by atoms with van der Waals surface area (Å²) < 4.78 is 28.9. The summed E-state index contributed by atoms with van der Waals surface area (Å²) in [6.45, 7) is 0. The van der Waals surface area contributed by atoms with Crippen LogP contribution in [0.5, 0.6) is 0 Å². The van der Waals surface area contributed by atoms with Gasteiger partial charge in [-0.1, -0.05) is 6.07 Å². The van der Waals surface area contributed by atoms with Crippen LogP contribution >= 0.6 is 0 Å². The molecule has 8 heteroatoms. The molecule has 2 heterocycles. The number of fused-ring (bicyclic) bond motifs is 3. The number of hydrogen-bond donors (Lipinski definition) is 2. The van der Waals surface area contributed by atoms with Crippen LogP contribution < -0.4 is 5.32 Å². The molecule has 2 aromatic heterocycles. The number of aromatic nitrogens is 4. The van der Waals surface area contributed by atoms with Gasteiger partial charge < -0.3 is 5.32 Å². The van der Waals surface area contributed by atoms with Gasteiger partial charge in [0.25, 0.3) is 5.78 Å². The summed E-state index contributed by atoms with van der Waals surface area (Å²) in [5.74, 6) is -0.956. The normalized spacial score (nSPS) is 11.0. The molecule has 0 radical (unpaired) electrons. The molecule has 0 amide bonds. The van der Waals surface area contributed by atoms with E-state index < -0.39 is 11.6 Å². The molecule has 4 aromatic rings. The predicted molar refractivity (Wildman–Crippen MR) is 79.2 cm³/mol. The number of benzene rings is 2. The van der Waals surface area contributed by atoms with Gasteiger partial charge in [0.15, 0.2) is 0 Å². The Labute approximate surface area is 128 Å². The molecular weight excluding hydrogens is 302 g/mol. The third kappa shape index (κ3) is 2.06. The number of rotatable bonds is 2. The first-order valence-corrected chi connectivity index (χ1v) is 6.65. The van der Waals surface area contributed by atoms with E-state index in [1.807, 2.05) is 6.07 Å². The molecule has 2 aromatic carbocycles. The highest BCUT2D eigenvalue weighted by Crippen LogP contribution is 2.23. The van der Waals surface area contributed by atoms with Gasteiger partial charge in [0.2, 0.25) is 5.95 Å². The van der Waals surface area contributed by atoms with Crippen LogP contribution in [-0.2, 0) is 0 Å². The average Bonchev–Trinajstić information content (AvgIpc) is 3.07. The summed E-state index contributed by atoms with van der Waals surface area (Å²) in [6.07, 6.45) is 0. The van der Waals surface area contributed by atoms with E-state index in [-0.39, 0.29) is 11.6 Å². The first kappa shape index (κ1) is 13.2. The molecule has 0 aliphatic carbocycles. The first-order valence-electron chi connectivity index (χ1n) is 6.65. The van der Waals surface area contributed by atoms with Gasteiger partial charge in [0.05, 0.1) is 22.7 Å². The maximum atomic E-state index is 13.7. The molecule has 0 spiro atoms. The van der Waals surface area contributed by atoms with Gasteiger partial charge in [0.1, 0.15) is 17.3 Å². The Morgan fingerprint density at radius 2 is 1.91 bits per heavy atom. The van der Waals surface area contributed by atoms with Crippen LogP contribution in [-0.4, -0.2) is 19.6 Å². The molecule has 2 N–H and O–H groups in total. The Hall–Kier alpha value is -3.47. The van der Waals surface area contributed by atoms with Crippen LogP contribution in [0, 0.1) is 23.0 Å². The summed E-state index contributed by atoms with van der Waals surface area (Å²) in [5, 5.41) is 14.3. The number of nitrogens with zero attached hydrogens (tertiary/aromatic N) is 4. The Balaban J connectivity index is 1.79. The van der Waals surface area contributed by atoms with E-state index in [4.69, 9.17) is 5.26 Å². The number of anilines is 2. The minimum absolute atomic E-state index is 0.155. The highest BCUT2D eigenvalue weighted by atomic mass is 19.1. The third-order valence-corrected chi connectivity index (χ3v) is 3.40. The van der Waals surface area contributed by atoms with E-state index >= 15 is 0 Å². The number of hydrogen-bond acceptors (Lipinski definition) is 4. The third-order valence-electron chi connectivity index (χ3n) is 3.40. The smallest absolute Gasteiger partial charge is 0.253 e. The van der Waals surface area contributed by atoms with Gasteiger partial charge in [0, 0.05) is 0 Å². The van der Waals surface area contributed by atoms with Crippen LogP contribution in [0.2, 0.25) is 0 Å². The van der Waals surface area contributed by atoms with Crippen molar-refractivity contribution in [1.82, 2.24) is 19.6 Å². The highest BCUT2D eigenvalue weighted by Gasteiger charge is 2.13. The van der Waals surface area contributed by atoms with Crippen molar-refractivity contribution in [2.75, 3.05) is 5.32 Å². The maximum Gasteiger partial charge on any atom is 0.253 e. The van der Waals surface area contributed by atoms with Crippen LogP contribution in [0.1, 0.15) is 5.56 Å². The first-order chi connectivity index (χ1) is 11.2. The van der Waals surface area contributed by atoms with Crippen LogP contribution in [0.15, 0.2) is 36.4 Å². The quantitative estimate of drug-likeness (QED) is 0.596. The van der Waals surface area contributed by atoms with Gasteiger partial charge in [-0.25, -0.2) is 18.3 Å². The van der Waals surface area contributed by atoms with E-state index in [0.717, 1.165) is 12.1 Å². The van der Waals surface area contributed by atoms with E-state index in [0.29, 0.717) is 22.4 Å². The molecule has 0 bridgehead atoms. The fourth-order valence-electron chi connectivity index (χ4n) is 2.34. The second kappa shape index (κ2) is 4.78. The second-order valence-electron chi connectivity index (χ2n) is 4.86. The lowest BCUT2D eigenvalue weighted by molar-refractivity contribution is 0.590. The fourth-order valence-corrected chi connectivity index (χ4v) is 2.34. The molecule has 0 aliphatic heterocycles. The fraction of sp³-hybridized carbons (Fsp3) is 0. The standard InChI is InChI=1S/C15H8F2N6/c16-9-2-1-3-10(17)13(9)20-14-21-15-19-11-6-8(7-18)4-5-12(11)23(15)22-14/h1-6H,(H2,19,20,21,22). The Bertz CT molecular complexity index is 1070. The Kier molecular flexibility index (Phi) is 2.74. The maximum absolute atomic E-state index is 13.7. The van der Waals surface area contributed by atoms with Gasteiger partial charge in [-0.2, -0.15) is 10.2 Å². The molecular formula is C15H8F2N6. The van der Waals surface area contributed by atoms with Gasteiger partial charge in [-0.05, 0) is 30.3 Å². The molecule has 0 fully saturated rings. The Morgan fingerprint density at radius 1 is 1.13 bits per heavy atom. The van der Waals surface area contributed by atoms with Crippen molar-refractivity contribution in [3.63, 3.8) is 0 Å². The van der Waals surface area contributed by atoms with E-state index in [9.17, 15) is 8.78 Å². The molecule has 0 aliphatic rings. The van der Waals surface area contributed by atoms with Crippen molar-refractivity contribution in [3.05, 3.63) is 53.6 Å². The second-order valence-corrected chi connectivity index (χ2v) is 4.86. The zero-order valence-corrected chi connectivity index (χ0v) is 11.5. The summed E-state index contributed by atoms with van der Waals surface area (Å²) in [5.41, 5.74) is 1.51. The van der Waals surface area contributed by atoms with Gasteiger partial charge >= 0.3 is 0 Å². The number of halogens is 2. The molecule has 6 nitrogen and oxygen atoms in total. The summed E-state index contributed by atoms with van der Waals surface area (Å²) in [4.78, 5) is 8.42. The molecule has 4 rings (SSSR count). The monoisotopic (exact) mass is 310 g/mol. The lowest BCUT2D eigenvalue weighted by Crippen LogP contribution is -1.99. The number of aromatic amines is 1. The lowest BCUT2D eigenvalue weighted by Gasteiger charge is -2.04. The SMILES string of the molecule is N#Cc1ccc2c(c1)nc1nc(Nc3c(F)cccc3F)[nH]n12. The number of H-pyrrole nitrogens is 1. The summed E-state index contributed by atoms with van der Waals surface area (Å²) >= 11 is 0. The summed E-state index contributed by atoms with van der Waals surface area (Å²) in [6, 6.07) is 10.6. The molecule has 23 heavy (non-hydrogen) atoms. The number of para-hydroxylation sites is 1. The average molecular weight is 310 g/mol. The molecule has 112 valence electrons. The minimum Gasteiger partial charge on any atom is -0.320 e. The van der Waals surface area contributed by atoms with Crippen molar-refractivity contribution in [2.24, 2.45) is 0 Å². The van der Waals surface area contributed by atoms with Crippen molar-refractivity contribution in [2.45, 2.75) is 0 Å². The molecule has 0 saturated carbocycles. The topological polar surface area (TPSA) is 81.8 Å². The van der Waals surface area contributed by atoms with Crippen LogP contribution in [0.25, 0.3) is 16.8 Å². The largest absolute Gasteiger partial charge is 0.320 e. The number of nitriles is 1. The predicted octanol–water partition coefficient (Wildman–Crippen LogP) is 3.10. The van der Waals surface area contributed by atoms with Crippen molar-refractivity contribution in [1.29, 1.82) is 5.26 Å². The van der Waals surface area contributed by atoms with Crippen LogP contribution in [0.3, 0.4) is 0 Å². The van der Waals surface area contributed by atoms with Crippen molar-refractivity contribution in [3.8, 4) is 6.07 Å². The molecule has 0 saturated heterocycles. The van der Waals surface area contributed by atoms with E-state index in [1.54, 1.807) is 22.7 Å². The Morgan fingerprint density at radius 3 is 2.65 bits per heavy atom. The van der Waals surface area contributed by atoms with Crippen molar-refractivity contribution < 1.29 is 8.78 Å². The molecule has 0 atom stereocenters. The zero-order chi connectivity index (χ0) is 16.0. The van der Waals surface area contributed by atoms with E-state index in [1.165, 1.54) is 6.07 Å². The van der Waals surface area contributed by atoms with E-state index in [2.05, 4.69) is 20.4 Å². The lowest BCUT2D eigenvalue weighted by atomic mass is 10.2. The zero-order valence-electron chi connectivity index (χ0n) is 11.5.